The lowest BCUT2D eigenvalue weighted by Gasteiger charge is -2.16. The lowest BCUT2D eigenvalue weighted by Crippen LogP contribution is -2.29. The molecule has 0 aromatic carbocycles. The molecule has 0 radical (unpaired) electrons. The third-order valence-corrected chi connectivity index (χ3v) is 3.37. The summed E-state index contributed by atoms with van der Waals surface area (Å²) in [4.78, 5) is 25.7. The first-order valence-electron chi connectivity index (χ1n) is 8.14. The zero-order valence-electron chi connectivity index (χ0n) is 14.6. The second kappa shape index (κ2) is 10.6. The second-order valence-electron chi connectivity index (χ2n) is 5.22. The third kappa shape index (κ3) is 6.66. The van der Waals surface area contributed by atoms with E-state index in [-0.39, 0.29) is 5.95 Å². The lowest BCUT2D eigenvalue weighted by molar-refractivity contribution is 0.152. The van der Waals surface area contributed by atoms with Crippen molar-refractivity contribution in [1.82, 2.24) is 15.0 Å². The molecular weight excluding hydrogens is 296 g/mol. The van der Waals surface area contributed by atoms with E-state index < -0.39 is 6.09 Å². The molecule has 2 N–H and O–H groups in total. The highest BCUT2D eigenvalue weighted by molar-refractivity contribution is 5.84. The number of ether oxygens (including phenoxy) is 1. The quantitative estimate of drug-likeness (QED) is 0.639. The number of nitrogens with one attached hydrogen (secondary N) is 2. The van der Waals surface area contributed by atoms with Crippen LogP contribution in [0.15, 0.2) is 0 Å². The zero-order valence-corrected chi connectivity index (χ0v) is 14.6. The van der Waals surface area contributed by atoms with Gasteiger partial charge in [-0.3, -0.25) is 0 Å². The van der Waals surface area contributed by atoms with E-state index >= 15 is 0 Å². The minimum Gasteiger partial charge on any atom is -0.449 e. The molecule has 0 aliphatic carbocycles. The molecule has 1 heterocycles. The predicted molar refractivity (Wildman–Crippen MR) is 92.0 cm³/mol. The maximum absolute atomic E-state index is 12.0. The van der Waals surface area contributed by atoms with E-state index in [1.807, 2.05) is 0 Å². The molecule has 0 saturated carbocycles. The summed E-state index contributed by atoms with van der Waals surface area (Å²) in [6.45, 7) is 2.61. The number of carbonyl (C=O) groups excluding carboxylic acids is 1. The maximum Gasteiger partial charge on any atom is 0.416 e. The van der Waals surface area contributed by atoms with Crippen molar-refractivity contribution in [2.45, 2.75) is 45.4 Å². The van der Waals surface area contributed by atoms with Crippen LogP contribution < -0.4 is 15.5 Å². The van der Waals surface area contributed by atoms with Crippen molar-refractivity contribution in [2.24, 2.45) is 0 Å². The highest BCUT2D eigenvalue weighted by Crippen LogP contribution is 2.13. The first-order chi connectivity index (χ1) is 11.1. The van der Waals surface area contributed by atoms with Gasteiger partial charge in [0, 0.05) is 21.1 Å². The minimum absolute atomic E-state index is 0.238. The Balaban J connectivity index is 2.44. The number of hydrogen-bond donors (Lipinski definition) is 2. The van der Waals surface area contributed by atoms with E-state index in [0.29, 0.717) is 18.5 Å². The number of rotatable bonds is 10. The van der Waals surface area contributed by atoms with E-state index in [1.165, 1.54) is 30.6 Å². The van der Waals surface area contributed by atoms with Crippen molar-refractivity contribution < 1.29 is 9.53 Å². The highest BCUT2D eigenvalue weighted by Gasteiger charge is 2.17. The molecule has 130 valence electrons. The fourth-order valence-electron chi connectivity index (χ4n) is 1.96. The van der Waals surface area contributed by atoms with E-state index in [2.05, 4.69) is 32.5 Å². The standard InChI is InChI=1S/C15H28N6O2/c1-5-6-7-8-9-10-11-23-15(22)21(4)14-19-12(16-2)18-13(17-3)20-14/h5-11H2,1-4H3,(H2,16,17,18,19,20). The number of anilines is 3. The van der Waals surface area contributed by atoms with Crippen molar-refractivity contribution in [1.29, 1.82) is 0 Å². The van der Waals surface area contributed by atoms with Gasteiger partial charge in [-0.15, -0.1) is 0 Å². The maximum atomic E-state index is 12.0. The molecule has 0 fully saturated rings. The van der Waals surface area contributed by atoms with E-state index in [0.717, 1.165) is 12.8 Å². The Morgan fingerprint density at radius 2 is 1.57 bits per heavy atom. The highest BCUT2D eigenvalue weighted by atomic mass is 16.6. The molecular formula is C15H28N6O2. The molecule has 8 nitrogen and oxygen atoms in total. The van der Waals surface area contributed by atoms with Crippen LogP contribution in [0.4, 0.5) is 22.6 Å². The molecule has 1 aromatic heterocycles. The Kier molecular flexibility index (Phi) is 8.71. The average Bonchev–Trinajstić information content (AvgIpc) is 2.59. The van der Waals surface area contributed by atoms with E-state index in [1.54, 1.807) is 21.1 Å². The minimum atomic E-state index is -0.464. The van der Waals surface area contributed by atoms with Crippen molar-refractivity contribution in [3.8, 4) is 0 Å². The van der Waals surface area contributed by atoms with Gasteiger partial charge in [-0.05, 0) is 6.42 Å². The third-order valence-electron chi connectivity index (χ3n) is 3.37. The Bertz CT molecular complexity index is 461. The van der Waals surface area contributed by atoms with Crippen LogP contribution in [-0.4, -0.2) is 48.8 Å². The molecule has 0 saturated heterocycles. The summed E-state index contributed by atoms with van der Waals surface area (Å²) in [5.74, 6) is 1.01. The molecule has 0 aliphatic heterocycles. The Morgan fingerprint density at radius 3 is 2.13 bits per heavy atom. The van der Waals surface area contributed by atoms with Gasteiger partial charge >= 0.3 is 6.09 Å². The van der Waals surface area contributed by atoms with Crippen LogP contribution >= 0.6 is 0 Å². The Labute approximate surface area is 138 Å². The SMILES string of the molecule is CCCCCCCCOC(=O)N(C)c1nc(NC)nc(NC)n1. The summed E-state index contributed by atoms with van der Waals surface area (Å²) in [5.41, 5.74) is 0. The van der Waals surface area contributed by atoms with Gasteiger partial charge in [0.05, 0.1) is 6.61 Å². The van der Waals surface area contributed by atoms with E-state index in [9.17, 15) is 4.79 Å². The van der Waals surface area contributed by atoms with Crippen molar-refractivity contribution in [3.05, 3.63) is 0 Å². The fourth-order valence-corrected chi connectivity index (χ4v) is 1.96. The largest absolute Gasteiger partial charge is 0.449 e. The number of nitrogens with zero attached hydrogens (tertiary/aromatic N) is 4. The summed E-state index contributed by atoms with van der Waals surface area (Å²) in [6, 6.07) is 0. The summed E-state index contributed by atoms with van der Waals surface area (Å²) in [6.07, 6.45) is 6.42. The topological polar surface area (TPSA) is 92.3 Å². The molecule has 1 aromatic rings. The van der Waals surface area contributed by atoms with Gasteiger partial charge in [0.25, 0.3) is 0 Å². The molecule has 8 heteroatoms. The number of hydrogen-bond acceptors (Lipinski definition) is 7. The number of unbranched alkanes of at least 4 members (excludes halogenated alkanes) is 5. The van der Waals surface area contributed by atoms with Crippen molar-refractivity contribution in [3.63, 3.8) is 0 Å². The van der Waals surface area contributed by atoms with Gasteiger partial charge in [0.1, 0.15) is 0 Å². The van der Waals surface area contributed by atoms with Gasteiger partial charge in [0.15, 0.2) is 0 Å². The van der Waals surface area contributed by atoms with Crippen LogP contribution in [-0.2, 0) is 4.74 Å². The molecule has 0 spiro atoms. The first-order valence-corrected chi connectivity index (χ1v) is 8.14. The van der Waals surface area contributed by atoms with Crippen LogP contribution in [0, 0.1) is 0 Å². The van der Waals surface area contributed by atoms with Gasteiger partial charge < -0.3 is 15.4 Å². The van der Waals surface area contributed by atoms with Crippen LogP contribution in [0.2, 0.25) is 0 Å². The molecule has 0 unspecified atom stereocenters. The van der Waals surface area contributed by atoms with Crippen molar-refractivity contribution >= 4 is 23.9 Å². The Morgan fingerprint density at radius 1 is 1.00 bits per heavy atom. The Hall–Kier alpha value is -2.12. The normalized spacial score (nSPS) is 10.3. The van der Waals surface area contributed by atoms with Crippen LogP contribution in [0.3, 0.4) is 0 Å². The molecule has 0 aliphatic rings. The summed E-state index contributed by atoms with van der Waals surface area (Å²) in [7, 11) is 4.99. The van der Waals surface area contributed by atoms with Gasteiger partial charge in [-0.2, -0.15) is 15.0 Å². The molecule has 0 atom stereocenters. The summed E-state index contributed by atoms with van der Waals surface area (Å²) < 4.78 is 5.26. The summed E-state index contributed by atoms with van der Waals surface area (Å²) in [5, 5.41) is 5.66. The number of aromatic nitrogens is 3. The second-order valence-corrected chi connectivity index (χ2v) is 5.22. The number of amides is 1. The molecule has 1 rings (SSSR count). The molecule has 23 heavy (non-hydrogen) atoms. The van der Waals surface area contributed by atoms with Gasteiger partial charge in [-0.1, -0.05) is 39.0 Å². The van der Waals surface area contributed by atoms with Gasteiger partial charge in [0.2, 0.25) is 17.8 Å². The molecule has 0 bridgehead atoms. The molecule has 1 amide bonds. The zero-order chi connectivity index (χ0) is 17.1. The number of carbonyl (C=O) groups is 1. The van der Waals surface area contributed by atoms with Gasteiger partial charge in [-0.25, -0.2) is 9.69 Å². The smallest absolute Gasteiger partial charge is 0.416 e. The van der Waals surface area contributed by atoms with Crippen molar-refractivity contribution in [2.75, 3.05) is 43.3 Å². The summed E-state index contributed by atoms with van der Waals surface area (Å²) >= 11 is 0. The first kappa shape index (κ1) is 18.9. The fraction of sp³-hybridized carbons (Fsp3) is 0.733. The lowest BCUT2D eigenvalue weighted by atomic mass is 10.1. The van der Waals surface area contributed by atoms with Crippen LogP contribution in [0.1, 0.15) is 45.4 Å². The van der Waals surface area contributed by atoms with Crippen LogP contribution in [0.5, 0.6) is 0 Å². The van der Waals surface area contributed by atoms with E-state index in [4.69, 9.17) is 4.74 Å². The van der Waals surface area contributed by atoms with Crippen LogP contribution in [0.25, 0.3) is 0 Å². The average molecular weight is 324 g/mol. The monoisotopic (exact) mass is 324 g/mol. The predicted octanol–water partition coefficient (Wildman–Crippen LogP) is 2.89.